The molecule has 8 heteroatoms. The van der Waals surface area contributed by atoms with Crippen LogP contribution in [0.5, 0.6) is 0 Å². The molecule has 4 rings (SSSR count). The summed E-state index contributed by atoms with van der Waals surface area (Å²) in [6.07, 6.45) is 2.61. The number of amides is 2. The Morgan fingerprint density at radius 3 is 2.53 bits per heavy atom. The average molecular weight is 459 g/mol. The minimum atomic E-state index is -0.740. The molecule has 8 nitrogen and oxygen atoms in total. The summed E-state index contributed by atoms with van der Waals surface area (Å²) < 4.78 is 6.82. The average Bonchev–Trinajstić information content (AvgIpc) is 3.20. The molecule has 1 N–H and O–H groups in total. The molecule has 1 aliphatic rings. The van der Waals surface area contributed by atoms with E-state index in [1.807, 2.05) is 55.5 Å². The summed E-state index contributed by atoms with van der Waals surface area (Å²) in [4.78, 5) is 45.1. The number of carbonyl (C=O) groups excluding carboxylic acids is 2. The lowest BCUT2D eigenvalue weighted by molar-refractivity contribution is -0.119. The van der Waals surface area contributed by atoms with Crippen molar-refractivity contribution in [1.29, 1.82) is 0 Å². The molecule has 1 aromatic heterocycles. The van der Waals surface area contributed by atoms with Gasteiger partial charge < -0.3 is 10.1 Å². The topological polar surface area (TPSA) is 93.5 Å². The van der Waals surface area contributed by atoms with Gasteiger partial charge in [-0.1, -0.05) is 61.5 Å². The van der Waals surface area contributed by atoms with E-state index in [1.54, 1.807) is 12.1 Å². The Hall–Kier alpha value is -4.20. The molecule has 1 aliphatic heterocycles. The number of aromatic nitrogens is 2. The van der Waals surface area contributed by atoms with Crippen LogP contribution in [0.2, 0.25) is 0 Å². The van der Waals surface area contributed by atoms with Gasteiger partial charge in [0, 0.05) is 18.2 Å². The van der Waals surface area contributed by atoms with Crippen LogP contribution < -0.4 is 15.8 Å². The first-order valence-electron chi connectivity index (χ1n) is 11.1. The number of hydrogen-bond donors (Lipinski definition) is 1. The maximum Gasteiger partial charge on any atom is 0.415 e. The SMILES string of the molecule is C=CCN(C(=O)OCc1ccccc1)c1cnc2n(c1=O)[C@H](C(=O)Nc1ccccc1)CC2C. The van der Waals surface area contributed by atoms with E-state index < -0.39 is 17.7 Å². The van der Waals surface area contributed by atoms with E-state index in [0.717, 1.165) is 5.56 Å². The molecule has 0 saturated carbocycles. The number of hydrogen-bond acceptors (Lipinski definition) is 5. The summed E-state index contributed by atoms with van der Waals surface area (Å²) in [5.74, 6) is 0.115. The summed E-state index contributed by atoms with van der Waals surface area (Å²) >= 11 is 0. The summed E-state index contributed by atoms with van der Waals surface area (Å²) in [5.41, 5.74) is 1.03. The molecule has 174 valence electrons. The maximum atomic E-state index is 13.5. The van der Waals surface area contributed by atoms with Gasteiger partial charge in [0.15, 0.2) is 0 Å². The third kappa shape index (κ3) is 4.76. The van der Waals surface area contributed by atoms with Crippen LogP contribution in [0.25, 0.3) is 0 Å². The first-order valence-corrected chi connectivity index (χ1v) is 11.1. The highest BCUT2D eigenvalue weighted by Gasteiger charge is 2.37. The van der Waals surface area contributed by atoms with Gasteiger partial charge in [-0.05, 0) is 24.1 Å². The molecule has 2 heterocycles. The van der Waals surface area contributed by atoms with E-state index in [-0.39, 0.29) is 30.7 Å². The number of anilines is 2. The molecule has 3 aromatic rings. The second kappa shape index (κ2) is 10.2. The highest BCUT2D eigenvalue weighted by molar-refractivity contribution is 5.94. The van der Waals surface area contributed by atoms with E-state index in [2.05, 4.69) is 16.9 Å². The van der Waals surface area contributed by atoms with Crippen molar-refractivity contribution in [3.63, 3.8) is 0 Å². The second-order valence-electron chi connectivity index (χ2n) is 8.12. The van der Waals surface area contributed by atoms with Crippen molar-refractivity contribution >= 4 is 23.4 Å². The zero-order valence-electron chi connectivity index (χ0n) is 18.9. The van der Waals surface area contributed by atoms with Crippen LogP contribution >= 0.6 is 0 Å². The lowest BCUT2D eigenvalue weighted by atomic mass is 10.1. The lowest BCUT2D eigenvalue weighted by Crippen LogP contribution is -2.40. The monoisotopic (exact) mass is 458 g/mol. The summed E-state index contributed by atoms with van der Waals surface area (Å²) in [7, 11) is 0. The molecule has 0 aliphatic carbocycles. The third-order valence-corrected chi connectivity index (χ3v) is 5.71. The Morgan fingerprint density at radius 1 is 1.18 bits per heavy atom. The number of rotatable bonds is 7. The smallest absolute Gasteiger partial charge is 0.415 e. The molecule has 0 radical (unpaired) electrons. The number of nitrogens with one attached hydrogen (secondary N) is 1. The van der Waals surface area contributed by atoms with Crippen molar-refractivity contribution in [2.75, 3.05) is 16.8 Å². The lowest BCUT2D eigenvalue weighted by Gasteiger charge is -2.22. The van der Waals surface area contributed by atoms with Gasteiger partial charge in [0.2, 0.25) is 5.91 Å². The number of benzene rings is 2. The van der Waals surface area contributed by atoms with Gasteiger partial charge in [-0.15, -0.1) is 6.58 Å². The van der Waals surface area contributed by atoms with E-state index in [4.69, 9.17) is 4.74 Å². The fourth-order valence-electron chi connectivity index (χ4n) is 4.04. The van der Waals surface area contributed by atoms with E-state index in [0.29, 0.717) is 17.9 Å². The summed E-state index contributed by atoms with van der Waals surface area (Å²) in [6.45, 7) is 5.73. The van der Waals surface area contributed by atoms with Gasteiger partial charge in [-0.3, -0.25) is 19.1 Å². The molecular weight excluding hydrogens is 432 g/mol. The van der Waals surface area contributed by atoms with Gasteiger partial charge in [0.05, 0.1) is 6.20 Å². The van der Waals surface area contributed by atoms with Gasteiger partial charge in [0.25, 0.3) is 5.56 Å². The first-order chi connectivity index (χ1) is 16.5. The molecule has 0 fully saturated rings. The van der Waals surface area contributed by atoms with Crippen LogP contribution in [-0.2, 0) is 16.1 Å². The maximum absolute atomic E-state index is 13.5. The molecule has 0 spiro atoms. The van der Waals surface area contributed by atoms with E-state index in [1.165, 1.54) is 21.7 Å². The van der Waals surface area contributed by atoms with Gasteiger partial charge in [0.1, 0.15) is 24.2 Å². The molecule has 0 bridgehead atoms. The molecule has 2 aromatic carbocycles. The molecule has 2 atom stereocenters. The van der Waals surface area contributed by atoms with Crippen LogP contribution in [0.1, 0.15) is 36.7 Å². The largest absolute Gasteiger partial charge is 0.444 e. The Kier molecular flexibility index (Phi) is 6.87. The van der Waals surface area contributed by atoms with Crippen molar-refractivity contribution in [1.82, 2.24) is 9.55 Å². The minimum Gasteiger partial charge on any atom is -0.444 e. The van der Waals surface area contributed by atoms with Crippen molar-refractivity contribution in [2.24, 2.45) is 0 Å². The van der Waals surface area contributed by atoms with Crippen LogP contribution in [-0.4, -0.2) is 28.1 Å². The fourth-order valence-corrected chi connectivity index (χ4v) is 4.04. The zero-order valence-corrected chi connectivity index (χ0v) is 18.9. The summed E-state index contributed by atoms with van der Waals surface area (Å²) in [5, 5.41) is 2.86. The molecule has 2 amide bonds. The van der Waals surface area contributed by atoms with Crippen molar-refractivity contribution < 1.29 is 14.3 Å². The standard InChI is InChI=1S/C26H26N4O4/c1-3-14-29(26(33)34-17-19-10-6-4-7-11-19)22-16-27-23-18(2)15-21(30(23)25(22)32)24(31)28-20-12-8-5-9-13-20/h3-13,16,18,21H,1,14-15,17H2,2H3,(H,28,31)/t18?,21-/m0/s1. The molecule has 0 saturated heterocycles. The van der Waals surface area contributed by atoms with Gasteiger partial charge in [-0.25, -0.2) is 9.78 Å². The normalized spacial score (nSPS) is 16.4. The summed E-state index contributed by atoms with van der Waals surface area (Å²) in [6, 6.07) is 17.6. The predicted octanol–water partition coefficient (Wildman–Crippen LogP) is 4.26. The van der Waals surface area contributed by atoms with E-state index >= 15 is 0 Å². The fraction of sp³-hybridized carbons (Fsp3) is 0.231. The van der Waals surface area contributed by atoms with Gasteiger partial charge >= 0.3 is 6.09 Å². The van der Waals surface area contributed by atoms with Crippen molar-refractivity contribution in [3.05, 3.63) is 101 Å². The van der Waals surface area contributed by atoms with E-state index in [9.17, 15) is 14.4 Å². The highest BCUT2D eigenvalue weighted by Crippen LogP contribution is 2.34. The zero-order chi connectivity index (χ0) is 24.1. The molecular formula is C26H26N4O4. The van der Waals surface area contributed by atoms with Crippen molar-refractivity contribution in [3.8, 4) is 0 Å². The second-order valence-corrected chi connectivity index (χ2v) is 8.12. The number of fused-ring (bicyclic) bond motifs is 1. The number of nitrogens with zero attached hydrogens (tertiary/aromatic N) is 3. The van der Waals surface area contributed by atoms with Crippen LogP contribution in [0.15, 0.2) is 84.3 Å². The Balaban J connectivity index is 1.61. The number of carbonyl (C=O) groups is 2. The third-order valence-electron chi connectivity index (χ3n) is 5.71. The number of ether oxygens (including phenoxy) is 1. The quantitative estimate of drug-likeness (QED) is 0.534. The minimum absolute atomic E-state index is 0.0355. The Bertz CT molecular complexity index is 1240. The number of para-hydroxylation sites is 1. The van der Waals surface area contributed by atoms with Crippen LogP contribution in [0.3, 0.4) is 0 Å². The first kappa shape index (κ1) is 23.0. The Labute approximate surface area is 197 Å². The molecule has 1 unspecified atom stereocenters. The Morgan fingerprint density at radius 2 is 1.85 bits per heavy atom. The predicted molar refractivity (Wildman–Crippen MR) is 130 cm³/mol. The molecule has 34 heavy (non-hydrogen) atoms. The van der Waals surface area contributed by atoms with Crippen molar-refractivity contribution in [2.45, 2.75) is 31.9 Å². The van der Waals surface area contributed by atoms with Crippen LogP contribution in [0.4, 0.5) is 16.2 Å². The van der Waals surface area contributed by atoms with Crippen LogP contribution in [0, 0.1) is 0 Å². The highest BCUT2D eigenvalue weighted by atomic mass is 16.6. The van der Waals surface area contributed by atoms with Gasteiger partial charge in [-0.2, -0.15) is 0 Å².